The number of halogens is 1. The summed E-state index contributed by atoms with van der Waals surface area (Å²) in [6.45, 7) is 0.578. The molecule has 1 fully saturated rings. The van der Waals surface area contributed by atoms with E-state index >= 15 is 0 Å². The summed E-state index contributed by atoms with van der Waals surface area (Å²) >= 11 is 5.83. The first kappa shape index (κ1) is 10.4. The van der Waals surface area contributed by atoms with E-state index in [0.29, 0.717) is 17.5 Å². The van der Waals surface area contributed by atoms with E-state index in [4.69, 9.17) is 17.3 Å². The maximum Gasteiger partial charge on any atom is 0.272 e. The van der Waals surface area contributed by atoms with E-state index in [1.165, 1.54) is 6.07 Å². The minimum absolute atomic E-state index is 0.153. The maximum atomic E-state index is 10.8. The summed E-state index contributed by atoms with van der Waals surface area (Å²) in [7, 11) is 0. The number of nitro benzene ring substituents is 1. The SMILES string of the molecule is NC[C@@H]1C[C@H]1c1cc(Cl)ccc1[N+](=O)[O-]. The predicted octanol–water partition coefficient (Wildman–Crippen LogP) is 2.31. The number of rotatable bonds is 3. The number of nitro groups is 1. The fourth-order valence-corrected chi connectivity index (χ4v) is 2.06. The third-order valence-electron chi connectivity index (χ3n) is 2.81. The van der Waals surface area contributed by atoms with Crippen molar-refractivity contribution < 1.29 is 4.92 Å². The molecule has 2 rings (SSSR count). The van der Waals surface area contributed by atoms with E-state index in [0.717, 1.165) is 12.0 Å². The minimum Gasteiger partial charge on any atom is -0.330 e. The van der Waals surface area contributed by atoms with Gasteiger partial charge in [-0.2, -0.15) is 0 Å². The van der Waals surface area contributed by atoms with E-state index < -0.39 is 0 Å². The van der Waals surface area contributed by atoms with Crippen LogP contribution in [-0.2, 0) is 0 Å². The molecule has 1 aliphatic rings. The van der Waals surface area contributed by atoms with Crippen LogP contribution in [-0.4, -0.2) is 11.5 Å². The number of hydrogen-bond acceptors (Lipinski definition) is 3. The molecule has 1 aromatic carbocycles. The van der Waals surface area contributed by atoms with Gasteiger partial charge in [-0.25, -0.2) is 0 Å². The normalized spacial score (nSPS) is 23.9. The minimum atomic E-state index is -0.364. The molecule has 15 heavy (non-hydrogen) atoms. The van der Waals surface area contributed by atoms with Gasteiger partial charge in [0.2, 0.25) is 0 Å². The van der Waals surface area contributed by atoms with Crippen molar-refractivity contribution in [3.05, 3.63) is 38.9 Å². The highest BCUT2D eigenvalue weighted by atomic mass is 35.5. The Morgan fingerprint density at radius 2 is 2.33 bits per heavy atom. The van der Waals surface area contributed by atoms with Gasteiger partial charge < -0.3 is 5.73 Å². The second-order valence-corrected chi connectivity index (χ2v) is 4.23. The number of nitrogens with zero attached hydrogens (tertiary/aromatic N) is 1. The average molecular weight is 227 g/mol. The van der Waals surface area contributed by atoms with Crippen molar-refractivity contribution in [2.24, 2.45) is 11.7 Å². The van der Waals surface area contributed by atoms with E-state index in [1.807, 2.05) is 0 Å². The standard InChI is InChI=1S/C10H11ClN2O2/c11-7-1-2-10(13(14)15)9(4-7)8-3-6(8)5-12/h1-2,4,6,8H,3,5,12H2/t6-,8+/m0/s1. The van der Waals surface area contributed by atoms with Crippen LogP contribution in [0, 0.1) is 16.0 Å². The lowest BCUT2D eigenvalue weighted by Crippen LogP contribution is -2.03. The van der Waals surface area contributed by atoms with Crippen LogP contribution in [0.25, 0.3) is 0 Å². The zero-order valence-electron chi connectivity index (χ0n) is 8.02. The summed E-state index contributed by atoms with van der Waals surface area (Å²) in [6.07, 6.45) is 0.928. The van der Waals surface area contributed by atoms with E-state index in [1.54, 1.807) is 12.1 Å². The van der Waals surface area contributed by atoms with Gasteiger partial charge in [0.15, 0.2) is 0 Å². The van der Waals surface area contributed by atoms with Gasteiger partial charge in [0.1, 0.15) is 0 Å². The van der Waals surface area contributed by atoms with Gasteiger partial charge in [-0.3, -0.25) is 10.1 Å². The quantitative estimate of drug-likeness (QED) is 0.635. The summed E-state index contributed by atoms with van der Waals surface area (Å²) < 4.78 is 0. The second-order valence-electron chi connectivity index (χ2n) is 3.80. The zero-order valence-corrected chi connectivity index (χ0v) is 8.78. The average Bonchev–Trinajstić information content (AvgIpc) is 2.95. The Bertz CT molecular complexity index is 408. The molecule has 2 atom stereocenters. The van der Waals surface area contributed by atoms with E-state index in [2.05, 4.69) is 0 Å². The van der Waals surface area contributed by atoms with Crippen LogP contribution < -0.4 is 5.73 Å². The monoisotopic (exact) mass is 226 g/mol. The third-order valence-corrected chi connectivity index (χ3v) is 3.05. The lowest BCUT2D eigenvalue weighted by atomic mass is 10.1. The molecule has 0 bridgehead atoms. The summed E-state index contributed by atoms with van der Waals surface area (Å²) in [5, 5.41) is 11.3. The van der Waals surface area contributed by atoms with Crippen molar-refractivity contribution in [2.75, 3.05) is 6.54 Å². The largest absolute Gasteiger partial charge is 0.330 e. The first-order valence-electron chi connectivity index (χ1n) is 4.77. The molecular weight excluding hydrogens is 216 g/mol. The molecule has 0 saturated heterocycles. The fourth-order valence-electron chi connectivity index (χ4n) is 1.88. The Balaban J connectivity index is 2.36. The first-order chi connectivity index (χ1) is 7.13. The van der Waals surface area contributed by atoms with Gasteiger partial charge in [-0.1, -0.05) is 11.6 Å². The smallest absolute Gasteiger partial charge is 0.272 e. The molecule has 2 N–H and O–H groups in total. The van der Waals surface area contributed by atoms with Crippen molar-refractivity contribution in [3.63, 3.8) is 0 Å². The number of nitrogens with two attached hydrogens (primary N) is 1. The molecule has 0 aliphatic heterocycles. The maximum absolute atomic E-state index is 10.8. The molecule has 0 aromatic heterocycles. The first-order valence-corrected chi connectivity index (χ1v) is 5.15. The van der Waals surface area contributed by atoms with E-state index in [9.17, 15) is 10.1 Å². The second kappa shape index (κ2) is 3.79. The highest BCUT2D eigenvalue weighted by Crippen LogP contribution is 2.50. The molecule has 1 saturated carbocycles. The van der Waals surface area contributed by atoms with Gasteiger partial charge in [0.05, 0.1) is 4.92 Å². The van der Waals surface area contributed by atoms with Gasteiger partial charge in [0.25, 0.3) is 5.69 Å². The van der Waals surface area contributed by atoms with Crippen LogP contribution in [0.3, 0.4) is 0 Å². The Kier molecular flexibility index (Phi) is 2.63. The Morgan fingerprint density at radius 3 is 2.87 bits per heavy atom. The van der Waals surface area contributed by atoms with Crippen LogP contribution in [0.2, 0.25) is 5.02 Å². The van der Waals surface area contributed by atoms with Gasteiger partial charge in [-0.05, 0) is 36.9 Å². The summed E-state index contributed by atoms with van der Waals surface area (Å²) in [5.41, 5.74) is 6.40. The molecular formula is C10H11ClN2O2. The summed E-state index contributed by atoms with van der Waals surface area (Å²) in [4.78, 5) is 10.4. The summed E-state index contributed by atoms with van der Waals surface area (Å²) in [6, 6.07) is 4.69. The van der Waals surface area contributed by atoms with Crippen LogP contribution in [0.1, 0.15) is 17.9 Å². The van der Waals surface area contributed by atoms with Crippen LogP contribution in [0.5, 0.6) is 0 Å². The van der Waals surface area contributed by atoms with Gasteiger partial charge >= 0.3 is 0 Å². The third kappa shape index (κ3) is 1.96. The van der Waals surface area contributed by atoms with Gasteiger partial charge in [0, 0.05) is 16.7 Å². The predicted molar refractivity (Wildman–Crippen MR) is 58.0 cm³/mol. The Morgan fingerprint density at radius 1 is 1.60 bits per heavy atom. The molecule has 0 spiro atoms. The Labute approximate surface area is 92.2 Å². The van der Waals surface area contributed by atoms with Crippen molar-refractivity contribution in [3.8, 4) is 0 Å². The molecule has 5 heteroatoms. The zero-order chi connectivity index (χ0) is 11.0. The molecule has 0 amide bonds. The van der Waals surface area contributed by atoms with E-state index in [-0.39, 0.29) is 16.5 Å². The molecule has 80 valence electrons. The molecule has 4 nitrogen and oxygen atoms in total. The van der Waals surface area contributed by atoms with Gasteiger partial charge in [-0.15, -0.1) is 0 Å². The van der Waals surface area contributed by atoms with Crippen molar-refractivity contribution in [1.29, 1.82) is 0 Å². The van der Waals surface area contributed by atoms with Crippen molar-refractivity contribution in [2.45, 2.75) is 12.3 Å². The van der Waals surface area contributed by atoms with Crippen molar-refractivity contribution in [1.82, 2.24) is 0 Å². The molecule has 1 aliphatic carbocycles. The summed E-state index contributed by atoms with van der Waals surface area (Å²) in [5.74, 6) is 0.594. The van der Waals surface area contributed by atoms with Crippen LogP contribution >= 0.6 is 11.6 Å². The lowest BCUT2D eigenvalue weighted by molar-refractivity contribution is -0.385. The fraction of sp³-hybridized carbons (Fsp3) is 0.400. The highest BCUT2D eigenvalue weighted by molar-refractivity contribution is 6.30. The van der Waals surface area contributed by atoms with Crippen molar-refractivity contribution >= 4 is 17.3 Å². The molecule has 0 radical (unpaired) electrons. The topological polar surface area (TPSA) is 69.2 Å². The lowest BCUT2D eigenvalue weighted by Gasteiger charge is -2.02. The number of benzene rings is 1. The van der Waals surface area contributed by atoms with Crippen LogP contribution in [0.4, 0.5) is 5.69 Å². The Hall–Kier alpha value is -1.13. The molecule has 0 unspecified atom stereocenters. The molecule has 1 aromatic rings. The highest BCUT2D eigenvalue weighted by Gasteiger charge is 2.40. The number of hydrogen-bond donors (Lipinski definition) is 1. The molecule has 0 heterocycles. The van der Waals surface area contributed by atoms with Crippen LogP contribution in [0.15, 0.2) is 18.2 Å².